The van der Waals surface area contributed by atoms with Crippen molar-refractivity contribution in [1.29, 1.82) is 0 Å². The fraction of sp³-hybridized carbons (Fsp3) is 0.500. The summed E-state index contributed by atoms with van der Waals surface area (Å²) in [7, 11) is 0. The maximum absolute atomic E-state index is 9.82. The van der Waals surface area contributed by atoms with Gasteiger partial charge in [0.2, 0.25) is 0 Å². The number of aliphatic hydroxyl groups is 2. The van der Waals surface area contributed by atoms with Gasteiger partial charge in [-0.15, -0.1) is 0 Å². The van der Waals surface area contributed by atoms with Gasteiger partial charge in [-0.3, -0.25) is 4.57 Å². The van der Waals surface area contributed by atoms with Crippen molar-refractivity contribution in [3.63, 3.8) is 0 Å². The van der Waals surface area contributed by atoms with Crippen LogP contribution in [0.4, 0.5) is 5.82 Å². The van der Waals surface area contributed by atoms with Gasteiger partial charge < -0.3 is 20.7 Å². The van der Waals surface area contributed by atoms with Gasteiger partial charge in [-0.25, -0.2) is 4.98 Å². The molecule has 11 heteroatoms. The molecule has 4 N–H and O–H groups in total. The van der Waals surface area contributed by atoms with E-state index in [9.17, 15) is 5.11 Å². The van der Waals surface area contributed by atoms with E-state index >= 15 is 0 Å². The maximum atomic E-state index is 9.82. The van der Waals surface area contributed by atoms with Crippen LogP contribution in [-0.2, 0) is 4.74 Å². The van der Waals surface area contributed by atoms with Crippen LogP contribution in [0.15, 0.2) is 6.33 Å². The van der Waals surface area contributed by atoms with E-state index in [0.29, 0.717) is 17.6 Å². The number of nitrogens with two attached hydrogens (primary N) is 1. The predicted molar refractivity (Wildman–Crippen MR) is 67.9 cm³/mol. The molecule has 4 heterocycles. The van der Waals surface area contributed by atoms with E-state index in [1.807, 2.05) is 0 Å². The Morgan fingerprint density at radius 1 is 1.48 bits per heavy atom. The van der Waals surface area contributed by atoms with Crippen molar-refractivity contribution in [2.45, 2.75) is 24.9 Å². The molecule has 0 aliphatic carbocycles. The van der Waals surface area contributed by atoms with Gasteiger partial charge in [0.05, 0.1) is 19.0 Å². The third-order valence-corrected chi connectivity index (χ3v) is 3.59. The van der Waals surface area contributed by atoms with Gasteiger partial charge in [-0.2, -0.15) is 9.50 Å². The molecule has 1 fully saturated rings. The minimum Gasteiger partial charge on any atom is -0.394 e. The Kier molecular flexibility index (Phi) is 2.54. The normalized spacial score (nSPS) is 26.1. The Hall–Kier alpha value is -2.37. The van der Waals surface area contributed by atoms with Crippen LogP contribution in [0.1, 0.15) is 12.6 Å². The van der Waals surface area contributed by atoms with E-state index in [0.717, 1.165) is 0 Å². The molecule has 110 valence electrons. The van der Waals surface area contributed by atoms with Crippen LogP contribution in [0.2, 0.25) is 0 Å². The molecule has 0 saturated carbocycles. The van der Waals surface area contributed by atoms with Gasteiger partial charge in [-0.05, 0) is 10.4 Å². The van der Waals surface area contributed by atoms with Gasteiger partial charge in [0.1, 0.15) is 12.3 Å². The number of hydrogen-bond acceptors (Lipinski definition) is 9. The molecule has 1 aliphatic heterocycles. The molecule has 0 amide bonds. The third-order valence-electron chi connectivity index (χ3n) is 3.59. The molecular weight excluding hydrogens is 280 g/mol. The van der Waals surface area contributed by atoms with Gasteiger partial charge in [0.25, 0.3) is 5.78 Å². The van der Waals surface area contributed by atoms with Crippen molar-refractivity contribution < 1.29 is 14.9 Å². The highest BCUT2D eigenvalue weighted by Crippen LogP contribution is 2.31. The van der Waals surface area contributed by atoms with Crippen molar-refractivity contribution >= 4 is 22.8 Å². The summed E-state index contributed by atoms with van der Waals surface area (Å²) in [5.41, 5.74) is 6.87. The summed E-state index contributed by atoms with van der Waals surface area (Å²) < 4.78 is 8.54. The number of nitrogens with zero attached hydrogens (tertiary/aromatic N) is 7. The summed E-state index contributed by atoms with van der Waals surface area (Å²) in [5, 5.41) is 30.0. The van der Waals surface area contributed by atoms with E-state index in [2.05, 4.69) is 25.5 Å². The van der Waals surface area contributed by atoms with Gasteiger partial charge >= 0.3 is 0 Å². The molecule has 0 spiro atoms. The SMILES string of the molecule is Nc1c2ncn([C@H]3C[C@H](O)[C@@H](CO)O3)c2nc2nnnn12. The van der Waals surface area contributed by atoms with Crippen LogP contribution >= 0.6 is 0 Å². The first kappa shape index (κ1) is 12.4. The van der Waals surface area contributed by atoms with E-state index in [1.165, 1.54) is 10.8 Å². The smallest absolute Gasteiger partial charge is 0.277 e. The van der Waals surface area contributed by atoms with Crippen LogP contribution in [-0.4, -0.2) is 63.6 Å². The Balaban J connectivity index is 1.85. The van der Waals surface area contributed by atoms with Crippen molar-refractivity contribution in [1.82, 2.24) is 34.6 Å². The van der Waals surface area contributed by atoms with E-state index < -0.39 is 18.4 Å². The summed E-state index contributed by atoms with van der Waals surface area (Å²) in [6.45, 7) is -0.252. The first-order valence-electron chi connectivity index (χ1n) is 6.33. The van der Waals surface area contributed by atoms with Crippen molar-refractivity contribution in [2.24, 2.45) is 0 Å². The molecule has 21 heavy (non-hydrogen) atoms. The number of fused-ring (bicyclic) bond motifs is 2. The lowest BCUT2D eigenvalue weighted by atomic mass is 10.2. The average molecular weight is 292 g/mol. The van der Waals surface area contributed by atoms with Crippen LogP contribution in [0.25, 0.3) is 16.9 Å². The lowest BCUT2D eigenvalue weighted by Crippen LogP contribution is -2.24. The first-order valence-corrected chi connectivity index (χ1v) is 6.33. The topological polar surface area (TPSA) is 149 Å². The molecule has 4 rings (SSSR count). The second-order valence-corrected chi connectivity index (χ2v) is 4.83. The number of aliphatic hydroxyl groups excluding tert-OH is 2. The van der Waals surface area contributed by atoms with Gasteiger partial charge in [0, 0.05) is 6.42 Å². The van der Waals surface area contributed by atoms with Crippen LogP contribution < -0.4 is 5.73 Å². The second kappa shape index (κ2) is 4.31. The molecule has 11 nitrogen and oxygen atoms in total. The maximum Gasteiger partial charge on any atom is 0.277 e. The number of rotatable bonds is 2. The number of tetrazole rings is 1. The summed E-state index contributed by atoms with van der Waals surface area (Å²) in [5.74, 6) is 0.523. The monoisotopic (exact) mass is 292 g/mol. The number of aromatic nitrogens is 7. The number of hydrogen-bond donors (Lipinski definition) is 3. The summed E-state index contributed by atoms with van der Waals surface area (Å²) in [6.07, 6.45) is 0.0100. The summed E-state index contributed by atoms with van der Waals surface area (Å²) >= 11 is 0. The molecule has 0 aromatic carbocycles. The van der Waals surface area contributed by atoms with Crippen LogP contribution in [0.5, 0.6) is 0 Å². The minimum atomic E-state index is -0.742. The second-order valence-electron chi connectivity index (χ2n) is 4.83. The largest absolute Gasteiger partial charge is 0.394 e. The molecule has 0 radical (unpaired) electrons. The summed E-state index contributed by atoms with van der Waals surface area (Å²) in [6, 6.07) is 0. The lowest BCUT2D eigenvalue weighted by Gasteiger charge is -2.13. The Labute approximate surface area is 117 Å². The molecule has 1 saturated heterocycles. The highest BCUT2D eigenvalue weighted by atomic mass is 16.5. The molecule has 0 unspecified atom stereocenters. The molecule has 3 aromatic rings. The summed E-state index contributed by atoms with van der Waals surface area (Å²) in [4.78, 5) is 8.51. The van der Waals surface area contributed by atoms with Crippen molar-refractivity contribution in [2.75, 3.05) is 12.3 Å². The Morgan fingerprint density at radius 2 is 2.33 bits per heavy atom. The quantitative estimate of drug-likeness (QED) is 0.491. The number of imidazole rings is 1. The lowest BCUT2D eigenvalue weighted by molar-refractivity contribution is -0.0432. The zero-order valence-corrected chi connectivity index (χ0v) is 10.7. The Morgan fingerprint density at radius 3 is 3.10 bits per heavy atom. The molecule has 0 bridgehead atoms. The number of nitrogen functional groups attached to an aromatic ring is 1. The number of anilines is 1. The zero-order chi connectivity index (χ0) is 14.6. The van der Waals surface area contributed by atoms with Gasteiger partial charge in [-0.1, -0.05) is 5.10 Å². The first-order chi connectivity index (χ1) is 10.2. The molecule has 1 aliphatic rings. The zero-order valence-electron chi connectivity index (χ0n) is 10.7. The molecule has 3 aromatic heterocycles. The van der Waals surface area contributed by atoms with E-state index in [4.69, 9.17) is 15.6 Å². The van der Waals surface area contributed by atoms with E-state index in [-0.39, 0.29) is 18.2 Å². The number of ether oxygens (including phenoxy) is 1. The molecule has 3 atom stereocenters. The fourth-order valence-corrected chi connectivity index (χ4v) is 2.51. The fourth-order valence-electron chi connectivity index (χ4n) is 2.51. The molecular formula is C10H12N8O3. The predicted octanol–water partition coefficient (Wildman–Crippen LogP) is -1.91. The van der Waals surface area contributed by atoms with E-state index in [1.54, 1.807) is 4.57 Å². The van der Waals surface area contributed by atoms with Crippen molar-refractivity contribution in [3.05, 3.63) is 6.33 Å². The van der Waals surface area contributed by atoms with Crippen LogP contribution in [0, 0.1) is 0 Å². The minimum absolute atomic E-state index is 0.249. The van der Waals surface area contributed by atoms with Crippen molar-refractivity contribution in [3.8, 4) is 0 Å². The highest BCUT2D eigenvalue weighted by molar-refractivity contribution is 5.83. The highest BCUT2D eigenvalue weighted by Gasteiger charge is 2.35. The van der Waals surface area contributed by atoms with Gasteiger partial charge in [0.15, 0.2) is 17.0 Å². The van der Waals surface area contributed by atoms with Crippen LogP contribution in [0.3, 0.4) is 0 Å². The third kappa shape index (κ3) is 1.68. The average Bonchev–Trinajstić information content (AvgIpc) is 3.16. The standard InChI is InChI=1S/C10H12N8O3/c11-8-7-9(13-10-14-15-16-18(8)10)17(3-12-7)6-1-4(20)5(2-19)21-6/h3-6,19-20H,1-2,11H2/t4-,5+,6+/m0/s1. The Bertz CT molecular complexity index is 813.